The Morgan fingerprint density at radius 2 is 1.55 bits per heavy atom. The van der Waals surface area contributed by atoms with Crippen molar-refractivity contribution in [2.45, 2.75) is 38.8 Å². The normalized spacial score (nSPS) is 14.7. The summed E-state index contributed by atoms with van der Waals surface area (Å²) in [5, 5.41) is 11.2. The maximum atomic E-state index is 14.9. The molecule has 1 atom stereocenters. The largest absolute Gasteiger partial charge is 0.416 e. The van der Waals surface area contributed by atoms with Crippen molar-refractivity contribution < 1.29 is 26.9 Å². The van der Waals surface area contributed by atoms with Gasteiger partial charge in [-0.3, -0.25) is 28.9 Å². The molecule has 2 heterocycles. The topological polar surface area (TPSA) is 120 Å². The molecule has 248 valence electrons. The van der Waals surface area contributed by atoms with Crippen LogP contribution in [0, 0.1) is 28.7 Å². The number of nitrogens with zero attached hydrogens (tertiary/aromatic N) is 5. The van der Waals surface area contributed by atoms with Gasteiger partial charge in [0.15, 0.2) is 0 Å². The summed E-state index contributed by atoms with van der Waals surface area (Å²) in [6.45, 7) is 1.34. The second-order valence-corrected chi connectivity index (χ2v) is 11.3. The number of rotatable bonds is 9. The number of benzene rings is 3. The van der Waals surface area contributed by atoms with Gasteiger partial charge in [0.2, 0.25) is 5.82 Å². The molecule has 0 radical (unpaired) electrons. The summed E-state index contributed by atoms with van der Waals surface area (Å²) in [5.41, 5.74) is 2.89. The third-order valence-electron chi connectivity index (χ3n) is 8.34. The summed E-state index contributed by atoms with van der Waals surface area (Å²) >= 11 is 0. The van der Waals surface area contributed by atoms with Gasteiger partial charge in [-0.2, -0.15) is 17.6 Å². The molecule has 1 aliphatic rings. The SMILES string of the molecule is Cc1c(N2CCN(Cc3cccc([N+](=O)[O-])c3F)CC2)c(=O)n(C[C@@H](N)c2ccccc2)c(=O)n1Cc1c(F)cccc1C(F)(F)F. The van der Waals surface area contributed by atoms with Gasteiger partial charge >= 0.3 is 17.6 Å². The summed E-state index contributed by atoms with van der Waals surface area (Å²) in [7, 11) is 0. The number of aromatic nitrogens is 2. The minimum absolute atomic E-state index is 0.0379. The zero-order valence-corrected chi connectivity index (χ0v) is 25.2. The molecule has 1 aromatic heterocycles. The Morgan fingerprint density at radius 3 is 2.19 bits per heavy atom. The maximum absolute atomic E-state index is 14.9. The van der Waals surface area contributed by atoms with E-state index in [2.05, 4.69) is 0 Å². The van der Waals surface area contributed by atoms with Crippen molar-refractivity contribution in [2.24, 2.45) is 5.73 Å². The van der Waals surface area contributed by atoms with E-state index in [-0.39, 0.29) is 56.2 Å². The molecule has 1 saturated heterocycles. The second-order valence-electron chi connectivity index (χ2n) is 11.3. The number of anilines is 1. The van der Waals surface area contributed by atoms with Crippen LogP contribution in [0.3, 0.4) is 0 Å². The molecule has 0 spiro atoms. The average Bonchev–Trinajstić information content (AvgIpc) is 3.03. The van der Waals surface area contributed by atoms with Crippen LogP contribution < -0.4 is 21.9 Å². The van der Waals surface area contributed by atoms with Crippen LogP contribution in [0.25, 0.3) is 0 Å². The van der Waals surface area contributed by atoms with Gasteiger partial charge in [-0.25, -0.2) is 9.18 Å². The van der Waals surface area contributed by atoms with Gasteiger partial charge < -0.3 is 10.6 Å². The zero-order chi connectivity index (χ0) is 34.0. The monoisotopic (exact) mass is 658 g/mol. The minimum Gasteiger partial charge on any atom is -0.363 e. The highest BCUT2D eigenvalue weighted by Gasteiger charge is 2.35. The summed E-state index contributed by atoms with van der Waals surface area (Å²) in [5.74, 6) is -2.10. The highest BCUT2D eigenvalue weighted by Crippen LogP contribution is 2.34. The number of alkyl halides is 3. The van der Waals surface area contributed by atoms with Crippen LogP contribution in [0.4, 0.5) is 33.3 Å². The fourth-order valence-corrected chi connectivity index (χ4v) is 5.84. The lowest BCUT2D eigenvalue weighted by atomic mass is 10.1. The molecule has 3 aromatic carbocycles. The Morgan fingerprint density at radius 1 is 0.894 bits per heavy atom. The highest BCUT2D eigenvalue weighted by molar-refractivity contribution is 5.50. The van der Waals surface area contributed by atoms with Gasteiger partial charge in [0, 0.05) is 61.7 Å². The molecule has 2 N–H and O–H groups in total. The van der Waals surface area contributed by atoms with Crippen LogP contribution in [0.5, 0.6) is 0 Å². The molecule has 4 aromatic rings. The smallest absolute Gasteiger partial charge is 0.363 e. The van der Waals surface area contributed by atoms with Crippen molar-refractivity contribution in [3.63, 3.8) is 0 Å². The fourth-order valence-electron chi connectivity index (χ4n) is 5.84. The first kappa shape index (κ1) is 33.5. The van der Waals surface area contributed by atoms with Crippen LogP contribution in [-0.4, -0.2) is 45.1 Å². The van der Waals surface area contributed by atoms with Crippen molar-refractivity contribution in [1.29, 1.82) is 0 Å². The Hall–Kier alpha value is -4.89. The van der Waals surface area contributed by atoms with E-state index in [0.29, 0.717) is 5.56 Å². The molecule has 47 heavy (non-hydrogen) atoms. The number of hydrogen-bond donors (Lipinski definition) is 1. The Labute approximate surface area is 265 Å². The Balaban J connectivity index is 1.52. The molecule has 0 aliphatic carbocycles. The van der Waals surface area contributed by atoms with Crippen LogP contribution in [-0.2, 0) is 25.8 Å². The predicted molar refractivity (Wildman–Crippen MR) is 164 cm³/mol. The summed E-state index contributed by atoms with van der Waals surface area (Å²) in [4.78, 5) is 41.6. The molecule has 0 bridgehead atoms. The van der Waals surface area contributed by atoms with Crippen LogP contribution in [0.1, 0.15) is 34.0 Å². The molecule has 1 fully saturated rings. The number of nitro benzene ring substituents is 1. The van der Waals surface area contributed by atoms with E-state index in [4.69, 9.17) is 5.73 Å². The lowest BCUT2D eigenvalue weighted by molar-refractivity contribution is -0.387. The Kier molecular flexibility index (Phi) is 9.58. The van der Waals surface area contributed by atoms with E-state index >= 15 is 0 Å². The number of nitrogens with two attached hydrogens (primary N) is 1. The fraction of sp³-hybridized carbons (Fsp3) is 0.312. The summed E-state index contributed by atoms with van der Waals surface area (Å²) in [6, 6.07) is 14.3. The first-order valence-electron chi connectivity index (χ1n) is 14.7. The molecule has 1 aliphatic heterocycles. The standard InChI is InChI=1S/C32H31F5N6O4/c1-20-29(40-15-13-39(14-16-40)17-22-9-5-12-27(28(22)34)43(46)47)30(44)42(19-26(38)21-7-3-2-4-8-21)31(45)41(20)18-23-24(32(35,36)37)10-6-11-25(23)33/h2-12,26H,13-19,38H2,1H3/t26-/m1/s1. The second kappa shape index (κ2) is 13.5. The van der Waals surface area contributed by atoms with Gasteiger partial charge in [0.25, 0.3) is 5.56 Å². The summed E-state index contributed by atoms with van der Waals surface area (Å²) in [6.07, 6.45) is -4.91. The molecular formula is C32H31F5N6O4. The van der Waals surface area contributed by atoms with Gasteiger partial charge in [0.1, 0.15) is 11.5 Å². The minimum atomic E-state index is -4.91. The van der Waals surface area contributed by atoms with Gasteiger partial charge in [-0.1, -0.05) is 48.5 Å². The van der Waals surface area contributed by atoms with E-state index in [1.165, 1.54) is 19.1 Å². The van der Waals surface area contributed by atoms with Crippen molar-refractivity contribution in [1.82, 2.24) is 14.0 Å². The molecule has 15 heteroatoms. The number of halogens is 5. The quantitative estimate of drug-likeness (QED) is 0.159. The van der Waals surface area contributed by atoms with Crippen molar-refractivity contribution in [3.8, 4) is 0 Å². The molecular weight excluding hydrogens is 627 g/mol. The van der Waals surface area contributed by atoms with Crippen molar-refractivity contribution in [2.75, 3.05) is 31.1 Å². The lowest BCUT2D eigenvalue weighted by Gasteiger charge is -2.37. The number of hydrogen-bond acceptors (Lipinski definition) is 7. The van der Waals surface area contributed by atoms with Crippen LogP contribution in [0.15, 0.2) is 76.3 Å². The summed E-state index contributed by atoms with van der Waals surface area (Å²) < 4.78 is 73.1. The number of piperazine rings is 1. The van der Waals surface area contributed by atoms with Crippen LogP contribution >= 0.6 is 0 Å². The molecule has 0 unspecified atom stereocenters. The van der Waals surface area contributed by atoms with Gasteiger partial charge in [0.05, 0.1) is 23.6 Å². The third kappa shape index (κ3) is 6.95. The van der Waals surface area contributed by atoms with E-state index in [9.17, 15) is 41.7 Å². The molecule has 0 saturated carbocycles. The third-order valence-corrected chi connectivity index (χ3v) is 8.34. The van der Waals surface area contributed by atoms with Crippen molar-refractivity contribution in [3.05, 3.63) is 137 Å². The molecule has 10 nitrogen and oxygen atoms in total. The Bertz CT molecular complexity index is 1900. The predicted octanol–water partition coefficient (Wildman–Crippen LogP) is 4.59. The lowest BCUT2D eigenvalue weighted by Crippen LogP contribution is -2.51. The van der Waals surface area contributed by atoms with E-state index in [1.807, 2.05) is 4.90 Å². The van der Waals surface area contributed by atoms with Gasteiger partial charge in [-0.05, 0) is 24.6 Å². The molecule has 0 amide bonds. The molecule has 5 rings (SSSR count). The first-order chi connectivity index (χ1) is 22.3. The van der Waals surface area contributed by atoms with Gasteiger partial charge in [-0.15, -0.1) is 0 Å². The van der Waals surface area contributed by atoms with Crippen LogP contribution in [0.2, 0.25) is 0 Å². The maximum Gasteiger partial charge on any atom is 0.416 e. The highest BCUT2D eigenvalue weighted by atomic mass is 19.4. The number of nitro groups is 1. The zero-order valence-electron chi connectivity index (χ0n) is 25.2. The first-order valence-corrected chi connectivity index (χ1v) is 14.7. The van der Waals surface area contributed by atoms with E-state index < -0.39 is 63.4 Å². The van der Waals surface area contributed by atoms with E-state index in [1.54, 1.807) is 35.2 Å². The van der Waals surface area contributed by atoms with E-state index in [0.717, 1.165) is 33.4 Å². The average molecular weight is 659 g/mol. The van der Waals surface area contributed by atoms with Crippen molar-refractivity contribution >= 4 is 11.4 Å².